The normalized spacial score (nSPS) is 11.8. The first-order chi connectivity index (χ1) is 14.1. The van der Waals surface area contributed by atoms with E-state index in [1.54, 1.807) is 21.3 Å². The summed E-state index contributed by atoms with van der Waals surface area (Å²) in [6.45, 7) is 3.88. The minimum atomic E-state index is -0.0592. The molecule has 0 heterocycles. The van der Waals surface area contributed by atoms with Crippen LogP contribution < -0.4 is 24.8 Å². The second-order valence-electron chi connectivity index (χ2n) is 6.41. The smallest absolute Gasteiger partial charge is 0.195 e. The van der Waals surface area contributed by atoms with Crippen molar-refractivity contribution in [3.8, 4) is 17.2 Å². The maximum absolute atomic E-state index is 5.93. The zero-order valence-corrected chi connectivity index (χ0v) is 20.3. The zero-order valence-electron chi connectivity index (χ0n) is 18.0. The lowest BCUT2D eigenvalue weighted by molar-refractivity contribution is 0.172. The van der Waals surface area contributed by atoms with Crippen molar-refractivity contribution in [3.63, 3.8) is 0 Å². The Morgan fingerprint density at radius 1 is 1.00 bits per heavy atom. The van der Waals surface area contributed by atoms with Gasteiger partial charge in [0.15, 0.2) is 5.96 Å². The van der Waals surface area contributed by atoms with E-state index in [-0.39, 0.29) is 30.1 Å². The Balaban J connectivity index is 0.00000450. The third-order valence-electron chi connectivity index (χ3n) is 4.02. The second-order valence-corrected chi connectivity index (χ2v) is 6.41. The summed E-state index contributed by atoms with van der Waals surface area (Å²) in [7, 11) is 5.05. The van der Waals surface area contributed by atoms with E-state index in [0.717, 1.165) is 29.4 Å². The fourth-order valence-corrected chi connectivity index (χ4v) is 2.56. The molecule has 0 aromatic heterocycles. The molecule has 2 N–H and O–H groups in total. The van der Waals surface area contributed by atoms with E-state index in [1.807, 2.05) is 55.5 Å². The Hall–Kier alpha value is -2.20. The van der Waals surface area contributed by atoms with Crippen LogP contribution in [0.2, 0.25) is 0 Å². The summed E-state index contributed by atoms with van der Waals surface area (Å²) >= 11 is 0. The molecule has 0 aliphatic rings. The number of halogens is 1. The maximum Gasteiger partial charge on any atom is 0.195 e. The highest BCUT2D eigenvalue weighted by Crippen LogP contribution is 2.20. The van der Waals surface area contributed by atoms with Crippen molar-refractivity contribution in [1.82, 2.24) is 5.32 Å². The molecule has 0 amide bonds. The van der Waals surface area contributed by atoms with Crippen molar-refractivity contribution in [2.45, 2.75) is 19.4 Å². The molecule has 2 aromatic rings. The number of hydrogen-bond donors (Lipinski definition) is 2. The summed E-state index contributed by atoms with van der Waals surface area (Å²) in [4.78, 5) is 4.27. The van der Waals surface area contributed by atoms with Crippen LogP contribution in [0.25, 0.3) is 0 Å². The van der Waals surface area contributed by atoms with E-state index in [4.69, 9.17) is 18.9 Å². The number of hydrogen-bond acceptors (Lipinski definition) is 5. The van der Waals surface area contributed by atoms with Gasteiger partial charge in [-0.15, -0.1) is 24.0 Å². The number of nitrogens with one attached hydrogen (secondary N) is 2. The van der Waals surface area contributed by atoms with Crippen LogP contribution in [0.1, 0.15) is 13.3 Å². The second kappa shape index (κ2) is 14.7. The van der Waals surface area contributed by atoms with Gasteiger partial charge in [0.25, 0.3) is 0 Å². The van der Waals surface area contributed by atoms with Crippen LogP contribution in [0, 0.1) is 0 Å². The molecular formula is C22H32IN3O4. The molecule has 0 aliphatic heterocycles. The molecule has 0 aliphatic carbocycles. The third kappa shape index (κ3) is 9.53. The van der Waals surface area contributed by atoms with Crippen molar-refractivity contribution >= 4 is 35.6 Å². The van der Waals surface area contributed by atoms with Crippen LogP contribution in [-0.4, -0.2) is 53.1 Å². The number of rotatable bonds is 11. The van der Waals surface area contributed by atoms with Crippen LogP contribution in [0.15, 0.2) is 53.5 Å². The molecule has 7 nitrogen and oxygen atoms in total. The number of anilines is 1. The van der Waals surface area contributed by atoms with Gasteiger partial charge >= 0.3 is 0 Å². The quantitative estimate of drug-likeness (QED) is 0.197. The lowest BCUT2D eigenvalue weighted by Crippen LogP contribution is -2.37. The molecule has 2 aromatic carbocycles. The fraction of sp³-hybridized carbons (Fsp3) is 0.409. The molecular weight excluding hydrogens is 497 g/mol. The molecule has 1 atom stereocenters. The van der Waals surface area contributed by atoms with Crippen LogP contribution in [-0.2, 0) is 4.74 Å². The summed E-state index contributed by atoms with van der Waals surface area (Å²) in [5, 5.41) is 6.54. The number of benzene rings is 2. The predicted octanol–water partition coefficient (Wildman–Crippen LogP) is 4.18. The average molecular weight is 529 g/mol. The first-order valence-electron chi connectivity index (χ1n) is 9.64. The Bertz CT molecular complexity index is 774. The Labute approximate surface area is 196 Å². The molecule has 0 saturated heterocycles. The standard InChI is InChI=1S/C22H31N3O4.HI/c1-17(29-21-11-6-9-19(15-21)27-4)16-24-22(23-2)25-18-8-5-10-20(14-18)28-13-7-12-26-3;/h5-6,8-11,14-15,17H,7,12-13,16H2,1-4H3,(H2,23,24,25);1H. The summed E-state index contributed by atoms with van der Waals surface area (Å²) in [5.74, 6) is 2.99. The van der Waals surface area contributed by atoms with Gasteiger partial charge in [0.05, 0.1) is 20.3 Å². The van der Waals surface area contributed by atoms with Gasteiger partial charge < -0.3 is 29.6 Å². The number of nitrogens with zero attached hydrogens (tertiary/aromatic N) is 1. The van der Waals surface area contributed by atoms with Crippen LogP contribution >= 0.6 is 24.0 Å². The number of ether oxygens (including phenoxy) is 4. The molecule has 0 saturated carbocycles. The van der Waals surface area contributed by atoms with E-state index in [9.17, 15) is 0 Å². The molecule has 1 unspecified atom stereocenters. The molecule has 166 valence electrons. The largest absolute Gasteiger partial charge is 0.497 e. The lowest BCUT2D eigenvalue weighted by Gasteiger charge is -2.18. The zero-order chi connectivity index (χ0) is 20.9. The SMILES string of the molecule is CN=C(NCC(C)Oc1cccc(OC)c1)Nc1cccc(OCCCOC)c1.I. The molecule has 0 radical (unpaired) electrons. The monoisotopic (exact) mass is 529 g/mol. The van der Waals surface area contributed by atoms with Gasteiger partial charge in [-0.2, -0.15) is 0 Å². The van der Waals surface area contributed by atoms with Crippen molar-refractivity contribution in [2.24, 2.45) is 4.99 Å². The van der Waals surface area contributed by atoms with Crippen LogP contribution in [0.5, 0.6) is 17.2 Å². The minimum absolute atomic E-state index is 0. The summed E-state index contributed by atoms with van der Waals surface area (Å²) in [6, 6.07) is 15.3. The fourth-order valence-electron chi connectivity index (χ4n) is 2.56. The van der Waals surface area contributed by atoms with Gasteiger partial charge in [0, 0.05) is 45.0 Å². The predicted molar refractivity (Wildman–Crippen MR) is 132 cm³/mol. The van der Waals surface area contributed by atoms with Gasteiger partial charge in [0.2, 0.25) is 0 Å². The first kappa shape index (κ1) is 25.8. The summed E-state index contributed by atoms with van der Waals surface area (Å²) < 4.78 is 21.9. The maximum atomic E-state index is 5.93. The molecule has 2 rings (SSSR count). The van der Waals surface area contributed by atoms with E-state index in [0.29, 0.717) is 25.7 Å². The van der Waals surface area contributed by atoms with E-state index >= 15 is 0 Å². The van der Waals surface area contributed by atoms with Gasteiger partial charge in [-0.25, -0.2) is 0 Å². The van der Waals surface area contributed by atoms with Gasteiger partial charge in [0.1, 0.15) is 23.4 Å². The first-order valence-corrected chi connectivity index (χ1v) is 9.64. The Morgan fingerprint density at radius 2 is 1.73 bits per heavy atom. The van der Waals surface area contributed by atoms with E-state index < -0.39 is 0 Å². The topological polar surface area (TPSA) is 73.3 Å². The van der Waals surface area contributed by atoms with Crippen molar-refractivity contribution < 1.29 is 18.9 Å². The third-order valence-corrected chi connectivity index (χ3v) is 4.02. The number of aliphatic imine (C=N–C) groups is 1. The van der Waals surface area contributed by atoms with Crippen molar-refractivity contribution in [2.75, 3.05) is 46.3 Å². The number of methoxy groups -OCH3 is 2. The highest BCUT2D eigenvalue weighted by atomic mass is 127. The van der Waals surface area contributed by atoms with Crippen molar-refractivity contribution in [1.29, 1.82) is 0 Å². The average Bonchev–Trinajstić information content (AvgIpc) is 2.74. The minimum Gasteiger partial charge on any atom is -0.497 e. The van der Waals surface area contributed by atoms with Crippen LogP contribution in [0.4, 0.5) is 5.69 Å². The van der Waals surface area contributed by atoms with Gasteiger partial charge in [-0.05, 0) is 31.2 Å². The van der Waals surface area contributed by atoms with E-state index in [2.05, 4.69) is 15.6 Å². The number of guanidine groups is 1. The molecule has 0 spiro atoms. The highest BCUT2D eigenvalue weighted by molar-refractivity contribution is 14.0. The highest BCUT2D eigenvalue weighted by Gasteiger charge is 2.07. The summed E-state index contributed by atoms with van der Waals surface area (Å²) in [5.41, 5.74) is 0.892. The van der Waals surface area contributed by atoms with Crippen molar-refractivity contribution in [3.05, 3.63) is 48.5 Å². The molecule has 0 fully saturated rings. The van der Waals surface area contributed by atoms with E-state index in [1.165, 1.54) is 0 Å². The summed E-state index contributed by atoms with van der Waals surface area (Å²) in [6.07, 6.45) is 0.791. The molecule has 0 bridgehead atoms. The van der Waals surface area contributed by atoms with Crippen LogP contribution in [0.3, 0.4) is 0 Å². The molecule has 8 heteroatoms. The van der Waals surface area contributed by atoms with Gasteiger partial charge in [-0.3, -0.25) is 4.99 Å². The molecule has 30 heavy (non-hydrogen) atoms. The lowest BCUT2D eigenvalue weighted by atomic mass is 10.3. The Kier molecular flexibility index (Phi) is 12.7. The Morgan fingerprint density at radius 3 is 2.47 bits per heavy atom. The van der Waals surface area contributed by atoms with Gasteiger partial charge in [-0.1, -0.05) is 12.1 Å².